The van der Waals surface area contributed by atoms with Gasteiger partial charge in [0.2, 0.25) is 0 Å². The summed E-state index contributed by atoms with van der Waals surface area (Å²) in [5.41, 5.74) is 12.0. The molecule has 0 atom stereocenters. The van der Waals surface area contributed by atoms with Crippen molar-refractivity contribution in [2.24, 2.45) is 0 Å². The van der Waals surface area contributed by atoms with Crippen LogP contribution in [0.25, 0.3) is 10.9 Å². The highest BCUT2D eigenvalue weighted by Crippen LogP contribution is 2.34. The number of aryl methyl sites for hydroxylation is 2. The Morgan fingerprint density at radius 3 is 2.82 bits per heavy atom. The molecule has 0 saturated heterocycles. The molecule has 0 spiro atoms. The molecule has 3 heteroatoms. The van der Waals surface area contributed by atoms with Gasteiger partial charge in [0, 0.05) is 21.2 Å². The number of hydrogen-bond acceptors (Lipinski definition) is 2. The highest BCUT2D eigenvalue weighted by Gasteiger charge is 2.17. The first-order valence-corrected chi connectivity index (χ1v) is 6.84. The van der Waals surface area contributed by atoms with Gasteiger partial charge in [0.05, 0.1) is 5.52 Å². The number of pyridine rings is 1. The summed E-state index contributed by atoms with van der Waals surface area (Å²) in [4.78, 5) is 4.83. The number of fused-ring (bicyclic) bond motifs is 2. The molecule has 0 amide bonds. The highest BCUT2D eigenvalue weighted by molar-refractivity contribution is 9.10. The molecule has 3 rings (SSSR count). The van der Waals surface area contributed by atoms with Crippen molar-refractivity contribution in [2.45, 2.75) is 32.6 Å². The van der Waals surface area contributed by atoms with E-state index in [1.807, 2.05) is 0 Å². The summed E-state index contributed by atoms with van der Waals surface area (Å²) in [7, 11) is 0. The Kier molecular flexibility index (Phi) is 2.58. The molecular weight excluding hydrogens is 276 g/mol. The van der Waals surface area contributed by atoms with Crippen molar-refractivity contribution in [3.8, 4) is 0 Å². The molecule has 17 heavy (non-hydrogen) atoms. The van der Waals surface area contributed by atoms with E-state index in [9.17, 15) is 0 Å². The fraction of sp³-hybridized carbons (Fsp3) is 0.357. The molecule has 1 aromatic carbocycles. The molecule has 0 bridgehead atoms. The number of aromatic nitrogens is 1. The number of anilines is 1. The lowest BCUT2D eigenvalue weighted by Crippen LogP contribution is -2.09. The first kappa shape index (κ1) is 11.0. The van der Waals surface area contributed by atoms with Crippen LogP contribution in [-0.4, -0.2) is 4.98 Å². The standard InChI is InChI=1S/C14H15BrN2/c1-8-11(15)7-6-10-13(16)9-4-2-3-5-12(9)17-14(8)10/h6-7H,2-5H2,1H3,(H2,16,17). The van der Waals surface area contributed by atoms with Crippen LogP contribution in [0, 0.1) is 6.92 Å². The minimum atomic E-state index is 0.945. The fourth-order valence-corrected chi connectivity index (χ4v) is 2.96. The molecule has 2 aromatic rings. The van der Waals surface area contributed by atoms with Crippen molar-refractivity contribution >= 4 is 32.5 Å². The van der Waals surface area contributed by atoms with E-state index in [1.54, 1.807) is 0 Å². The zero-order chi connectivity index (χ0) is 12.0. The minimum absolute atomic E-state index is 0.945. The normalized spacial score (nSPS) is 14.9. The van der Waals surface area contributed by atoms with Crippen molar-refractivity contribution < 1.29 is 0 Å². The molecule has 0 fully saturated rings. The average Bonchev–Trinajstić information content (AvgIpc) is 2.35. The maximum Gasteiger partial charge on any atom is 0.0766 e. The van der Waals surface area contributed by atoms with Gasteiger partial charge in [0.15, 0.2) is 0 Å². The van der Waals surface area contributed by atoms with Crippen molar-refractivity contribution in [1.82, 2.24) is 4.98 Å². The summed E-state index contributed by atoms with van der Waals surface area (Å²) < 4.78 is 1.10. The van der Waals surface area contributed by atoms with E-state index in [1.165, 1.54) is 29.7 Å². The molecular formula is C14H15BrN2. The van der Waals surface area contributed by atoms with E-state index < -0.39 is 0 Å². The first-order chi connectivity index (χ1) is 8.18. The molecule has 2 N–H and O–H groups in total. The summed E-state index contributed by atoms with van der Waals surface area (Å²) in [6.45, 7) is 2.09. The molecule has 88 valence electrons. The topological polar surface area (TPSA) is 38.9 Å². The van der Waals surface area contributed by atoms with Crippen LogP contribution >= 0.6 is 15.9 Å². The summed E-state index contributed by atoms with van der Waals surface area (Å²) in [6, 6.07) is 4.13. The van der Waals surface area contributed by atoms with Crippen LogP contribution in [0.4, 0.5) is 5.69 Å². The van der Waals surface area contributed by atoms with Crippen molar-refractivity contribution in [3.05, 3.63) is 33.4 Å². The predicted octanol–water partition coefficient (Wildman–Crippen LogP) is 3.77. The lowest BCUT2D eigenvalue weighted by molar-refractivity contribution is 0.673. The van der Waals surface area contributed by atoms with E-state index in [2.05, 4.69) is 35.0 Å². The van der Waals surface area contributed by atoms with Gasteiger partial charge in [-0.15, -0.1) is 0 Å². The second-order valence-electron chi connectivity index (χ2n) is 4.73. The molecule has 2 nitrogen and oxygen atoms in total. The van der Waals surface area contributed by atoms with Crippen molar-refractivity contribution in [2.75, 3.05) is 5.73 Å². The van der Waals surface area contributed by atoms with Gasteiger partial charge in [0.25, 0.3) is 0 Å². The Labute approximate surface area is 109 Å². The Morgan fingerprint density at radius 2 is 2.00 bits per heavy atom. The summed E-state index contributed by atoms with van der Waals surface area (Å²) >= 11 is 3.56. The summed E-state index contributed by atoms with van der Waals surface area (Å²) in [5.74, 6) is 0. The Bertz CT molecular complexity index is 605. The van der Waals surface area contributed by atoms with E-state index in [0.29, 0.717) is 0 Å². The Balaban J connectivity index is 2.40. The summed E-state index contributed by atoms with van der Waals surface area (Å²) in [6.07, 6.45) is 4.62. The predicted molar refractivity (Wildman–Crippen MR) is 75.2 cm³/mol. The number of halogens is 1. The minimum Gasteiger partial charge on any atom is -0.398 e. The smallest absolute Gasteiger partial charge is 0.0766 e. The van der Waals surface area contributed by atoms with E-state index in [-0.39, 0.29) is 0 Å². The first-order valence-electron chi connectivity index (χ1n) is 6.04. The van der Waals surface area contributed by atoms with Gasteiger partial charge in [-0.3, -0.25) is 4.98 Å². The van der Waals surface area contributed by atoms with Crippen LogP contribution < -0.4 is 5.73 Å². The monoisotopic (exact) mass is 290 g/mol. The fourth-order valence-electron chi connectivity index (χ4n) is 2.64. The Morgan fingerprint density at radius 1 is 1.24 bits per heavy atom. The zero-order valence-electron chi connectivity index (χ0n) is 9.89. The number of nitrogens with two attached hydrogens (primary N) is 1. The van der Waals surface area contributed by atoms with Crippen LogP contribution in [0.1, 0.15) is 29.7 Å². The van der Waals surface area contributed by atoms with Crippen LogP contribution in [0.5, 0.6) is 0 Å². The van der Waals surface area contributed by atoms with Gasteiger partial charge in [-0.1, -0.05) is 15.9 Å². The van der Waals surface area contributed by atoms with Gasteiger partial charge in [-0.25, -0.2) is 0 Å². The molecule has 1 aromatic heterocycles. The third kappa shape index (κ3) is 1.64. The third-order valence-corrected chi connectivity index (χ3v) is 4.52. The largest absolute Gasteiger partial charge is 0.398 e. The highest BCUT2D eigenvalue weighted by atomic mass is 79.9. The maximum absolute atomic E-state index is 6.30. The van der Waals surface area contributed by atoms with Crippen LogP contribution in [0.15, 0.2) is 16.6 Å². The number of rotatable bonds is 0. The molecule has 0 unspecified atom stereocenters. The Hall–Kier alpha value is -1.09. The average molecular weight is 291 g/mol. The van der Waals surface area contributed by atoms with E-state index >= 15 is 0 Å². The van der Waals surface area contributed by atoms with Crippen LogP contribution in [0.3, 0.4) is 0 Å². The SMILES string of the molecule is Cc1c(Br)ccc2c(N)c3c(nc12)CCCC3. The van der Waals surface area contributed by atoms with Gasteiger partial charge in [-0.2, -0.15) is 0 Å². The zero-order valence-corrected chi connectivity index (χ0v) is 11.5. The second-order valence-corrected chi connectivity index (χ2v) is 5.58. The number of nitrogens with zero attached hydrogens (tertiary/aromatic N) is 1. The van der Waals surface area contributed by atoms with Gasteiger partial charge in [-0.05, 0) is 55.9 Å². The third-order valence-electron chi connectivity index (χ3n) is 3.67. The van der Waals surface area contributed by atoms with Crippen molar-refractivity contribution in [1.29, 1.82) is 0 Å². The van der Waals surface area contributed by atoms with Crippen LogP contribution in [-0.2, 0) is 12.8 Å². The molecule has 1 heterocycles. The van der Waals surface area contributed by atoms with E-state index in [4.69, 9.17) is 10.7 Å². The van der Waals surface area contributed by atoms with Crippen molar-refractivity contribution in [3.63, 3.8) is 0 Å². The number of nitrogen functional groups attached to an aromatic ring is 1. The van der Waals surface area contributed by atoms with Crippen LogP contribution in [0.2, 0.25) is 0 Å². The molecule has 1 aliphatic rings. The molecule has 0 radical (unpaired) electrons. The quantitative estimate of drug-likeness (QED) is 0.802. The lowest BCUT2D eigenvalue weighted by atomic mass is 9.92. The van der Waals surface area contributed by atoms with E-state index in [0.717, 1.165) is 33.9 Å². The van der Waals surface area contributed by atoms with Gasteiger partial charge in [0.1, 0.15) is 0 Å². The maximum atomic E-state index is 6.30. The molecule has 0 aliphatic heterocycles. The van der Waals surface area contributed by atoms with Gasteiger partial charge < -0.3 is 5.73 Å². The second kappa shape index (κ2) is 3.98. The number of hydrogen-bond donors (Lipinski definition) is 1. The molecule has 1 aliphatic carbocycles. The number of benzene rings is 1. The molecule has 0 saturated carbocycles. The van der Waals surface area contributed by atoms with Gasteiger partial charge >= 0.3 is 0 Å². The summed E-state index contributed by atoms with van der Waals surface area (Å²) in [5, 5.41) is 1.10. The lowest BCUT2D eigenvalue weighted by Gasteiger charge is -2.19.